The van der Waals surface area contributed by atoms with E-state index >= 15 is 0 Å². The number of nitrogens with two attached hydrogens (primary N) is 1. The minimum atomic E-state index is 0.612. The summed E-state index contributed by atoms with van der Waals surface area (Å²) >= 11 is 2.16. The first-order valence-electron chi connectivity index (χ1n) is 4.19. The van der Waals surface area contributed by atoms with Gasteiger partial charge in [0.2, 0.25) is 0 Å². The lowest BCUT2D eigenvalue weighted by molar-refractivity contribution is 0.485. The van der Waals surface area contributed by atoms with Gasteiger partial charge in [0.05, 0.1) is 0 Å². The van der Waals surface area contributed by atoms with Gasteiger partial charge in [0, 0.05) is 5.25 Å². The van der Waals surface area contributed by atoms with Crippen molar-refractivity contribution in [3.8, 4) is 0 Å². The molecule has 1 heterocycles. The Morgan fingerprint density at radius 2 is 2.30 bits per heavy atom. The van der Waals surface area contributed by atoms with Crippen LogP contribution in [0.5, 0.6) is 0 Å². The Labute approximate surface area is 66.7 Å². The van der Waals surface area contributed by atoms with E-state index in [-0.39, 0.29) is 0 Å². The highest BCUT2D eigenvalue weighted by Crippen LogP contribution is 2.55. The Balaban J connectivity index is 1.96. The highest BCUT2D eigenvalue weighted by molar-refractivity contribution is 8.00. The molecule has 1 nitrogen and oxygen atoms in total. The van der Waals surface area contributed by atoms with Gasteiger partial charge in [-0.1, -0.05) is 0 Å². The second-order valence-electron chi connectivity index (χ2n) is 3.57. The molecular formula is C8H15NS. The van der Waals surface area contributed by atoms with E-state index in [2.05, 4.69) is 11.8 Å². The van der Waals surface area contributed by atoms with Crippen LogP contribution >= 0.6 is 11.8 Å². The quantitative estimate of drug-likeness (QED) is 0.659. The van der Waals surface area contributed by atoms with Crippen LogP contribution in [0.15, 0.2) is 0 Å². The summed E-state index contributed by atoms with van der Waals surface area (Å²) in [5, 5.41) is 0.928. The zero-order valence-electron chi connectivity index (χ0n) is 6.31. The molecule has 0 aromatic heterocycles. The van der Waals surface area contributed by atoms with E-state index < -0.39 is 0 Å². The van der Waals surface area contributed by atoms with Gasteiger partial charge in [0.15, 0.2) is 0 Å². The zero-order valence-corrected chi connectivity index (χ0v) is 7.12. The van der Waals surface area contributed by atoms with Crippen LogP contribution in [-0.4, -0.2) is 17.5 Å². The van der Waals surface area contributed by atoms with Gasteiger partial charge in [0.1, 0.15) is 0 Å². The molecule has 1 saturated heterocycles. The highest BCUT2D eigenvalue weighted by Gasteiger charge is 2.48. The van der Waals surface area contributed by atoms with Gasteiger partial charge in [-0.3, -0.25) is 0 Å². The van der Waals surface area contributed by atoms with Gasteiger partial charge in [0.25, 0.3) is 0 Å². The third-order valence-corrected chi connectivity index (χ3v) is 4.57. The molecule has 2 aliphatic rings. The van der Waals surface area contributed by atoms with Gasteiger partial charge in [-0.25, -0.2) is 0 Å². The average molecular weight is 157 g/mol. The van der Waals surface area contributed by atoms with E-state index in [4.69, 9.17) is 5.73 Å². The summed E-state index contributed by atoms with van der Waals surface area (Å²) in [5.41, 5.74) is 6.35. The summed E-state index contributed by atoms with van der Waals surface area (Å²) in [6, 6.07) is 0. The van der Waals surface area contributed by atoms with Crippen molar-refractivity contribution in [2.75, 3.05) is 12.3 Å². The van der Waals surface area contributed by atoms with Crippen LogP contribution in [-0.2, 0) is 0 Å². The smallest absolute Gasteiger partial charge is 0.0116 e. The fourth-order valence-electron chi connectivity index (χ4n) is 1.88. The maximum Gasteiger partial charge on any atom is 0.0116 e. The molecular weight excluding hydrogens is 142 g/mol. The molecule has 0 aromatic rings. The topological polar surface area (TPSA) is 26.0 Å². The van der Waals surface area contributed by atoms with E-state index in [9.17, 15) is 0 Å². The average Bonchev–Trinajstić information content (AvgIpc) is 2.58. The third kappa shape index (κ3) is 0.978. The largest absolute Gasteiger partial charge is 0.330 e. The van der Waals surface area contributed by atoms with Gasteiger partial charge < -0.3 is 5.73 Å². The van der Waals surface area contributed by atoms with Crippen molar-refractivity contribution >= 4 is 11.8 Å². The molecule has 58 valence electrons. The molecule has 10 heavy (non-hydrogen) atoms. The molecule has 0 bridgehead atoms. The zero-order chi connectivity index (χ0) is 7.03. The van der Waals surface area contributed by atoms with Gasteiger partial charge in [-0.2, -0.15) is 11.8 Å². The van der Waals surface area contributed by atoms with Gasteiger partial charge >= 0.3 is 0 Å². The lowest BCUT2D eigenvalue weighted by Crippen LogP contribution is -2.25. The Kier molecular flexibility index (Phi) is 1.69. The van der Waals surface area contributed by atoms with Crippen LogP contribution < -0.4 is 5.73 Å². The van der Waals surface area contributed by atoms with Crippen molar-refractivity contribution in [2.45, 2.75) is 30.9 Å². The predicted molar refractivity (Wildman–Crippen MR) is 46.2 cm³/mol. The van der Waals surface area contributed by atoms with E-state index in [0.717, 1.165) is 11.8 Å². The maximum absolute atomic E-state index is 5.74. The first-order chi connectivity index (χ1) is 4.87. The molecule has 0 spiro atoms. The molecule has 1 unspecified atom stereocenters. The Bertz CT molecular complexity index is 125. The number of hydrogen-bond donors (Lipinski definition) is 1. The Morgan fingerprint density at radius 1 is 1.50 bits per heavy atom. The van der Waals surface area contributed by atoms with E-state index in [1.165, 1.54) is 31.4 Å². The normalized spacial score (nSPS) is 36.3. The molecule has 1 atom stereocenters. The van der Waals surface area contributed by atoms with Crippen LogP contribution in [0.25, 0.3) is 0 Å². The molecule has 2 fully saturated rings. The monoisotopic (exact) mass is 157 g/mol. The van der Waals surface area contributed by atoms with Crippen LogP contribution in [0.3, 0.4) is 0 Å². The molecule has 2 rings (SSSR count). The summed E-state index contributed by atoms with van der Waals surface area (Å²) in [5.74, 6) is 1.38. The molecule has 1 aliphatic heterocycles. The van der Waals surface area contributed by atoms with E-state index in [1.54, 1.807) is 0 Å². The lowest BCUT2D eigenvalue weighted by Gasteiger charge is -2.19. The summed E-state index contributed by atoms with van der Waals surface area (Å²) in [6.07, 6.45) is 5.67. The van der Waals surface area contributed by atoms with Crippen LogP contribution in [0.2, 0.25) is 0 Å². The fraction of sp³-hybridized carbons (Fsp3) is 1.00. The standard InChI is InChI=1S/C8H15NS/c9-6-8(3-4-8)7-2-1-5-10-7/h7H,1-6,9H2. The van der Waals surface area contributed by atoms with Gasteiger partial charge in [-0.15, -0.1) is 0 Å². The lowest BCUT2D eigenvalue weighted by atomic mass is 9.99. The highest BCUT2D eigenvalue weighted by atomic mass is 32.2. The van der Waals surface area contributed by atoms with Crippen molar-refractivity contribution in [3.63, 3.8) is 0 Å². The molecule has 1 saturated carbocycles. The molecule has 0 amide bonds. The summed E-state index contributed by atoms with van der Waals surface area (Å²) in [7, 11) is 0. The van der Waals surface area contributed by atoms with E-state index in [1.807, 2.05) is 0 Å². The first kappa shape index (κ1) is 6.99. The van der Waals surface area contributed by atoms with Crippen LogP contribution in [0, 0.1) is 5.41 Å². The number of hydrogen-bond acceptors (Lipinski definition) is 2. The Hall–Kier alpha value is 0.310. The predicted octanol–water partition coefficient (Wildman–Crippen LogP) is 1.62. The third-order valence-electron chi connectivity index (χ3n) is 2.91. The van der Waals surface area contributed by atoms with Crippen molar-refractivity contribution in [3.05, 3.63) is 0 Å². The number of rotatable bonds is 2. The minimum absolute atomic E-state index is 0.612. The second-order valence-corrected chi connectivity index (χ2v) is 4.88. The SMILES string of the molecule is NCC1(C2CCCS2)CC1. The van der Waals surface area contributed by atoms with Crippen LogP contribution in [0.1, 0.15) is 25.7 Å². The van der Waals surface area contributed by atoms with Crippen LogP contribution in [0.4, 0.5) is 0 Å². The Morgan fingerprint density at radius 3 is 2.70 bits per heavy atom. The fourth-order valence-corrected chi connectivity index (χ4v) is 3.52. The van der Waals surface area contributed by atoms with Crippen molar-refractivity contribution < 1.29 is 0 Å². The summed E-state index contributed by atoms with van der Waals surface area (Å²) in [6.45, 7) is 0.935. The summed E-state index contributed by atoms with van der Waals surface area (Å²) < 4.78 is 0. The number of thioether (sulfide) groups is 1. The van der Waals surface area contributed by atoms with Gasteiger partial charge in [-0.05, 0) is 43.4 Å². The van der Waals surface area contributed by atoms with Crippen molar-refractivity contribution in [1.29, 1.82) is 0 Å². The van der Waals surface area contributed by atoms with E-state index in [0.29, 0.717) is 5.41 Å². The minimum Gasteiger partial charge on any atom is -0.330 e. The summed E-state index contributed by atoms with van der Waals surface area (Å²) in [4.78, 5) is 0. The first-order valence-corrected chi connectivity index (χ1v) is 5.24. The van der Waals surface area contributed by atoms with Crippen molar-refractivity contribution in [2.24, 2.45) is 11.1 Å². The second kappa shape index (κ2) is 2.42. The maximum atomic E-state index is 5.74. The molecule has 1 aliphatic carbocycles. The molecule has 2 N–H and O–H groups in total. The molecule has 2 heteroatoms. The van der Waals surface area contributed by atoms with Crippen molar-refractivity contribution in [1.82, 2.24) is 0 Å². The molecule has 0 radical (unpaired) electrons. The molecule has 0 aromatic carbocycles.